The van der Waals surface area contributed by atoms with E-state index in [1.54, 1.807) is 25.1 Å². The fourth-order valence-corrected chi connectivity index (χ4v) is 1.63. The van der Waals surface area contributed by atoms with Crippen molar-refractivity contribution in [1.82, 2.24) is 0 Å². The lowest BCUT2D eigenvalue weighted by molar-refractivity contribution is -0.115. The molecule has 0 amide bonds. The molecule has 0 radical (unpaired) electrons. The topological polar surface area (TPSA) is 69.4 Å². The number of carbonyl (C=O) groups excluding carboxylic acids is 2. The molecule has 0 unspecified atom stereocenters. The summed E-state index contributed by atoms with van der Waals surface area (Å²) in [7, 11) is 0. The van der Waals surface area contributed by atoms with E-state index in [0.717, 1.165) is 5.56 Å². The Morgan fingerprint density at radius 2 is 2.06 bits per heavy atom. The van der Waals surface area contributed by atoms with Gasteiger partial charge in [-0.3, -0.25) is 4.79 Å². The maximum absolute atomic E-state index is 11.5. The van der Waals surface area contributed by atoms with Crippen molar-refractivity contribution in [3.63, 3.8) is 0 Å². The van der Waals surface area contributed by atoms with E-state index in [4.69, 9.17) is 10.5 Å². The fourth-order valence-electron chi connectivity index (χ4n) is 1.43. The minimum Gasteiger partial charge on any atom is -0.462 e. The first kappa shape index (κ1) is 13.7. The van der Waals surface area contributed by atoms with E-state index in [1.165, 1.54) is 0 Å². The minimum absolute atomic E-state index is 0.0328. The molecular formula is C12H14BrNO3. The Bertz CT molecular complexity index is 432. The summed E-state index contributed by atoms with van der Waals surface area (Å²) in [6.07, 6.45) is 0.253. The Kier molecular flexibility index (Phi) is 5.15. The number of ketones is 1. The molecule has 0 saturated heterocycles. The summed E-state index contributed by atoms with van der Waals surface area (Å²) < 4.78 is 4.88. The standard InChI is InChI=1S/C12H14BrNO3/c1-2-17-12(16)9-3-8(4-10(14)6-9)5-11(15)7-13/h3-4,6H,2,5,7,14H2,1H3. The Morgan fingerprint density at radius 3 is 2.65 bits per heavy atom. The number of esters is 1. The fraction of sp³-hybridized carbons (Fsp3) is 0.333. The van der Waals surface area contributed by atoms with Crippen LogP contribution in [0.3, 0.4) is 0 Å². The number of nitrogens with two attached hydrogens (primary N) is 1. The van der Waals surface area contributed by atoms with Gasteiger partial charge in [0.25, 0.3) is 0 Å². The van der Waals surface area contributed by atoms with E-state index in [0.29, 0.717) is 17.9 Å². The third-order valence-electron chi connectivity index (χ3n) is 2.08. The summed E-state index contributed by atoms with van der Waals surface area (Å²) in [6, 6.07) is 4.86. The maximum atomic E-state index is 11.5. The van der Waals surface area contributed by atoms with Gasteiger partial charge in [-0.1, -0.05) is 15.9 Å². The summed E-state index contributed by atoms with van der Waals surface area (Å²) in [6.45, 7) is 2.04. The molecule has 1 aromatic carbocycles. The van der Waals surface area contributed by atoms with Crippen LogP contribution in [0.15, 0.2) is 18.2 Å². The normalized spacial score (nSPS) is 10.0. The van der Waals surface area contributed by atoms with Gasteiger partial charge < -0.3 is 10.5 Å². The number of rotatable bonds is 5. The van der Waals surface area contributed by atoms with Crippen molar-refractivity contribution in [2.75, 3.05) is 17.7 Å². The molecular weight excluding hydrogens is 286 g/mol. The average Bonchev–Trinajstić information content (AvgIpc) is 2.28. The third kappa shape index (κ3) is 4.19. The van der Waals surface area contributed by atoms with Crippen molar-refractivity contribution in [3.8, 4) is 0 Å². The molecule has 0 heterocycles. The van der Waals surface area contributed by atoms with E-state index in [2.05, 4.69) is 15.9 Å². The predicted molar refractivity (Wildman–Crippen MR) is 69.3 cm³/mol. The lowest BCUT2D eigenvalue weighted by atomic mass is 10.1. The Balaban J connectivity index is 2.93. The van der Waals surface area contributed by atoms with E-state index in [-0.39, 0.29) is 17.5 Å². The van der Waals surface area contributed by atoms with Crippen LogP contribution in [0.4, 0.5) is 5.69 Å². The van der Waals surface area contributed by atoms with Crippen LogP contribution in [-0.2, 0) is 16.0 Å². The number of carbonyl (C=O) groups is 2. The van der Waals surface area contributed by atoms with Crippen LogP contribution in [0.25, 0.3) is 0 Å². The molecule has 0 aliphatic heterocycles. The number of halogens is 1. The molecule has 0 fully saturated rings. The summed E-state index contributed by atoms with van der Waals surface area (Å²) in [5, 5.41) is 0.288. The largest absolute Gasteiger partial charge is 0.462 e. The van der Waals surface area contributed by atoms with Crippen molar-refractivity contribution in [2.24, 2.45) is 0 Å². The molecule has 92 valence electrons. The SMILES string of the molecule is CCOC(=O)c1cc(N)cc(CC(=O)CBr)c1. The number of hydrogen-bond acceptors (Lipinski definition) is 4. The monoisotopic (exact) mass is 299 g/mol. The van der Waals surface area contributed by atoms with Gasteiger partial charge in [-0.05, 0) is 30.7 Å². The zero-order chi connectivity index (χ0) is 12.8. The van der Waals surface area contributed by atoms with Crippen molar-refractivity contribution in [2.45, 2.75) is 13.3 Å². The molecule has 5 heteroatoms. The highest BCUT2D eigenvalue weighted by Gasteiger charge is 2.10. The van der Waals surface area contributed by atoms with E-state index in [9.17, 15) is 9.59 Å². The van der Waals surface area contributed by atoms with Gasteiger partial charge in [0.05, 0.1) is 17.5 Å². The van der Waals surface area contributed by atoms with Gasteiger partial charge in [0.2, 0.25) is 0 Å². The van der Waals surface area contributed by atoms with Crippen LogP contribution in [0.5, 0.6) is 0 Å². The van der Waals surface area contributed by atoms with Gasteiger partial charge in [-0.2, -0.15) is 0 Å². The smallest absolute Gasteiger partial charge is 0.338 e. The number of ether oxygens (including phenoxy) is 1. The van der Waals surface area contributed by atoms with Crippen molar-refractivity contribution in [3.05, 3.63) is 29.3 Å². The predicted octanol–water partition coefficient (Wildman–Crippen LogP) is 1.95. The highest BCUT2D eigenvalue weighted by Crippen LogP contribution is 2.14. The Morgan fingerprint density at radius 1 is 1.35 bits per heavy atom. The lowest BCUT2D eigenvalue weighted by Crippen LogP contribution is -2.08. The number of alkyl halides is 1. The second-order valence-electron chi connectivity index (χ2n) is 3.53. The molecule has 0 spiro atoms. The summed E-state index contributed by atoms with van der Waals surface area (Å²) in [5.74, 6) is -0.391. The number of anilines is 1. The molecule has 0 atom stereocenters. The first-order valence-corrected chi connectivity index (χ1v) is 6.33. The molecule has 1 rings (SSSR count). The quantitative estimate of drug-likeness (QED) is 0.512. The highest BCUT2D eigenvalue weighted by molar-refractivity contribution is 9.09. The van der Waals surface area contributed by atoms with E-state index < -0.39 is 5.97 Å². The Labute approximate surface area is 108 Å². The minimum atomic E-state index is -0.424. The van der Waals surface area contributed by atoms with Crippen LogP contribution >= 0.6 is 15.9 Å². The van der Waals surface area contributed by atoms with Crippen molar-refractivity contribution < 1.29 is 14.3 Å². The van der Waals surface area contributed by atoms with Crippen LogP contribution in [0.1, 0.15) is 22.8 Å². The van der Waals surface area contributed by atoms with Gasteiger partial charge in [0, 0.05) is 12.1 Å². The zero-order valence-corrected chi connectivity index (χ0v) is 11.1. The number of hydrogen-bond donors (Lipinski definition) is 1. The van der Waals surface area contributed by atoms with Gasteiger partial charge in [0.1, 0.15) is 5.78 Å². The summed E-state index contributed by atoms with van der Waals surface area (Å²) in [4.78, 5) is 22.8. The Hall–Kier alpha value is -1.36. The number of Topliss-reactive ketones (excluding diaryl/α,β-unsaturated/α-hetero) is 1. The summed E-state index contributed by atoms with van der Waals surface area (Å²) >= 11 is 3.09. The second-order valence-corrected chi connectivity index (χ2v) is 4.09. The van der Waals surface area contributed by atoms with Gasteiger partial charge in [-0.25, -0.2) is 4.79 Å². The molecule has 2 N–H and O–H groups in total. The number of nitrogen functional groups attached to an aromatic ring is 1. The van der Waals surface area contributed by atoms with Crippen molar-refractivity contribution >= 4 is 33.4 Å². The molecule has 1 aromatic rings. The zero-order valence-electron chi connectivity index (χ0n) is 9.53. The van der Waals surface area contributed by atoms with E-state index >= 15 is 0 Å². The molecule has 0 aliphatic carbocycles. The number of benzene rings is 1. The van der Waals surface area contributed by atoms with Crippen LogP contribution < -0.4 is 5.73 Å². The van der Waals surface area contributed by atoms with Gasteiger partial charge in [-0.15, -0.1) is 0 Å². The molecule has 4 nitrogen and oxygen atoms in total. The first-order valence-electron chi connectivity index (χ1n) is 5.21. The van der Waals surface area contributed by atoms with Gasteiger partial charge >= 0.3 is 5.97 Å². The molecule has 17 heavy (non-hydrogen) atoms. The highest BCUT2D eigenvalue weighted by atomic mass is 79.9. The molecule has 0 aliphatic rings. The summed E-state index contributed by atoms with van der Waals surface area (Å²) in [5.41, 5.74) is 7.23. The van der Waals surface area contributed by atoms with Crippen LogP contribution in [-0.4, -0.2) is 23.7 Å². The molecule has 0 aromatic heterocycles. The third-order valence-corrected chi connectivity index (χ3v) is 2.70. The second kappa shape index (κ2) is 6.39. The van der Waals surface area contributed by atoms with Crippen molar-refractivity contribution in [1.29, 1.82) is 0 Å². The average molecular weight is 300 g/mol. The molecule has 0 bridgehead atoms. The first-order chi connectivity index (χ1) is 8.06. The van der Waals surface area contributed by atoms with Crippen LogP contribution in [0.2, 0.25) is 0 Å². The maximum Gasteiger partial charge on any atom is 0.338 e. The molecule has 0 saturated carbocycles. The lowest BCUT2D eigenvalue weighted by Gasteiger charge is -2.06. The van der Waals surface area contributed by atoms with Gasteiger partial charge in [0.15, 0.2) is 0 Å². The van der Waals surface area contributed by atoms with Crippen LogP contribution in [0, 0.1) is 0 Å². The van der Waals surface area contributed by atoms with E-state index in [1.807, 2.05) is 0 Å².